The van der Waals surface area contributed by atoms with Gasteiger partial charge >= 0.3 is 6.09 Å². The quantitative estimate of drug-likeness (QED) is 0.900. The lowest BCUT2D eigenvalue weighted by Gasteiger charge is -2.23. The second kappa shape index (κ2) is 6.20. The molecule has 0 saturated heterocycles. The highest BCUT2D eigenvalue weighted by Gasteiger charge is 2.20. The summed E-state index contributed by atoms with van der Waals surface area (Å²) in [5.41, 5.74) is 0.815. The second-order valence-electron chi connectivity index (χ2n) is 5.71. The predicted molar refractivity (Wildman–Crippen MR) is 81.1 cm³/mol. The summed E-state index contributed by atoms with van der Waals surface area (Å²) >= 11 is 0. The summed E-state index contributed by atoms with van der Waals surface area (Å²) in [6.45, 7) is 1.83. The Morgan fingerprint density at radius 1 is 1.29 bits per heavy atom. The van der Waals surface area contributed by atoms with Crippen LogP contribution in [-0.2, 0) is 4.74 Å². The molecule has 0 bridgehead atoms. The van der Waals surface area contributed by atoms with E-state index in [4.69, 9.17) is 9.15 Å². The Kier molecular flexibility index (Phi) is 4.13. The number of alkyl carbamates (subject to hydrolysis) is 1. The van der Waals surface area contributed by atoms with Crippen molar-refractivity contribution in [1.29, 1.82) is 0 Å². The molecule has 4 heteroatoms. The van der Waals surface area contributed by atoms with Gasteiger partial charge < -0.3 is 14.5 Å². The van der Waals surface area contributed by atoms with Crippen molar-refractivity contribution in [3.05, 3.63) is 36.1 Å². The number of carbonyl (C=O) groups excluding carboxylic acids is 1. The molecule has 0 aliphatic heterocycles. The molecule has 1 aliphatic rings. The van der Waals surface area contributed by atoms with Crippen molar-refractivity contribution < 1.29 is 13.9 Å². The molecule has 1 fully saturated rings. The predicted octanol–water partition coefficient (Wildman–Crippen LogP) is 4.55. The molecule has 1 aromatic heterocycles. The number of benzene rings is 1. The van der Waals surface area contributed by atoms with E-state index in [-0.39, 0.29) is 18.2 Å². The monoisotopic (exact) mass is 287 g/mol. The molecule has 112 valence electrons. The number of hydrogen-bond acceptors (Lipinski definition) is 3. The molecule has 1 saturated carbocycles. The molecule has 4 nitrogen and oxygen atoms in total. The smallest absolute Gasteiger partial charge is 0.408 e. The summed E-state index contributed by atoms with van der Waals surface area (Å²) in [6.07, 6.45) is 5.00. The van der Waals surface area contributed by atoms with Crippen molar-refractivity contribution in [1.82, 2.24) is 5.32 Å². The van der Waals surface area contributed by atoms with Gasteiger partial charge in [0.2, 0.25) is 0 Å². The van der Waals surface area contributed by atoms with Crippen molar-refractivity contribution in [2.24, 2.45) is 0 Å². The first kappa shape index (κ1) is 14.0. The van der Waals surface area contributed by atoms with E-state index in [9.17, 15) is 4.79 Å². The Labute approximate surface area is 124 Å². The van der Waals surface area contributed by atoms with E-state index < -0.39 is 0 Å². The Morgan fingerprint density at radius 3 is 2.81 bits per heavy atom. The highest BCUT2D eigenvalue weighted by Crippen LogP contribution is 2.26. The molecule has 3 rings (SSSR count). The zero-order valence-corrected chi connectivity index (χ0v) is 12.3. The summed E-state index contributed by atoms with van der Waals surface area (Å²) in [5, 5.41) is 3.97. The zero-order valence-electron chi connectivity index (χ0n) is 12.3. The molecule has 1 aromatic carbocycles. The third-order valence-corrected chi connectivity index (χ3v) is 4.06. The van der Waals surface area contributed by atoms with Crippen molar-refractivity contribution in [2.45, 2.75) is 51.2 Å². The average Bonchev–Trinajstić information content (AvgIpc) is 2.92. The van der Waals surface area contributed by atoms with Crippen LogP contribution < -0.4 is 5.32 Å². The van der Waals surface area contributed by atoms with Crippen LogP contribution in [-0.4, -0.2) is 12.1 Å². The minimum Gasteiger partial charge on any atom is -0.457 e. The van der Waals surface area contributed by atoms with Crippen LogP contribution in [0.25, 0.3) is 11.0 Å². The van der Waals surface area contributed by atoms with Crippen LogP contribution in [0.5, 0.6) is 0 Å². The van der Waals surface area contributed by atoms with Gasteiger partial charge in [-0.2, -0.15) is 0 Å². The molecule has 0 radical (unpaired) electrons. The number of furan rings is 1. The van der Waals surface area contributed by atoms with Gasteiger partial charge in [-0.25, -0.2) is 4.79 Å². The van der Waals surface area contributed by atoms with E-state index >= 15 is 0 Å². The number of ether oxygens (including phenoxy) is 1. The topological polar surface area (TPSA) is 51.5 Å². The number of para-hydroxylation sites is 1. The zero-order chi connectivity index (χ0) is 14.7. The van der Waals surface area contributed by atoms with Crippen LogP contribution in [0.3, 0.4) is 0 Å². The maximum atomic E-state index is 11.9. The fraction of sp³-hybridized carbons (Fsp3) is 0.471. The Hall–Kier alpha value is -1.97. The van der Waals surface area contributed by atoms with Gasteiger partial charge in [0.1, 0.15) is 11.3 Å². The summed E-state index contributed by atoms with van der Waals surface area (Å²) in [6, 6.07) is 9.97. The van der Waals surface area contributed by atoms with E-state index in [1.165, 1.54) is 19.3 Å². The SMILES string of the molecule is C[C@H](OC(=O)NC1CCCCC1)c1cc2ccccc2o1. The number of amides is 1. The van der Waals surface area contributed by atoms with Gasteiger partial charge in [-0.1, -0.05) is 37.5 Å². The number of rotatable bonds is 3. The first-order valence-electron chi connectivity index (χ1n) is 7.68. The van der Waals surface area contributed by atoms with E-state index in [1.54, 1.807) is 0 Å². The first-order chi connectivity index (χ1) is 10.2. The fourth-order valence-corrected chi connectivity index (χ4v) is 2.87. The fourth-order valence-electron chi connectivity index (χ4n) is 2.87. The van der Waals surface area contributed by atoms with Crippen molar-refractivity contribution in [2.75, 3.05) is 0 Å². The standard InChI is InChI=1S/C17H21NO3/c1-12(16-11-13-7-5-6-10-15(13)21-16)20-17(19)18-14-8-3-2-4-9-14/h5-7,10-12,14H,2-4,8-9H2,1H3,(H,18,19)/t12-/m0/s1. The Morgan fingerprint density at radius 2 is 2.05 bits per heavy atom. The molecule has 1 N–H and O–H groups in total. The van der Waals surface area contributed by atoms with Crippen molar-refractivity contribution >= 4 is 17.1 Å². The minimum absolute atomic E-state index is 0.258. The van der Waals surface area contributed by atoms with Crippen LogP contribution >= 0.6 is 0 Å². The number of nitrogens with one attached hydrogen (secondary N) is 1. The average molecular weight is 287 g/mol. The molecule has 1 heterocycles. The van der Waals surface area contributed by atoms with Crippen LogP contribution in [0.4, 0.5) is 4.79 Å². The number of hydrogen-bond donors (Lipinski definition) is 1. The van der Waals surface area contributed by atoms with E-state index in [2.05, 4.69) is 5.32 Å². The largest absolute Gasteiger partial charge is 0.457 e. The summed E-state index contributed by atoms with van der Waals surface area (Å²) in [7, 11) is 0. The molecular weight excluding hydrogens is 266 g/mol. The molecule has 1 aliphatic carbocycles. The summed E-state index contributed by atoms with van der Waals surface area (Å²) in [5.74, 6) is 0.676. The lowest BCUT2D eigenvalue weighted by atomic mass is 9.96. The van der Waals surface area contributed by atoms with Gasteiger partial charge in [-0.15, -0.1) is 0 Å². The third kappa shape index (κ3) is 3.38. The molecule has 21 heavy (non-hydrogen) atoms. The van der Waals surface area contributed by atoms with Crippen LogP contribution in [0.1, 0.15) is 50.9 Å². The van der Waals surface area contributed by atoms with E-state index in [1.807, 2.05) is 37.3 Å². The van der Waals surface area contributed by atoms with Gasteiger partial charge in [0.15, 0.2) is 6.10 Å². The molecule has 1 amide bonds. The summed E-state index contributed by atoms with van der Waals surface area (Å²) < 4.78 is 11.1. The van der Waals surface area contributed by atoms with Crippen molar-refractivity contribution in [3.8, 4) is 0 Å². The summed E-state index contributed by atoms with van der Waals surface area (Å²) in [4.78, 5) is 11.9. The van der Waals surface area contributed by atoms with Gasteiger partial charge in [0.25, 0.3) is 0 Å². The van der Waals surface area contributed by atoms with Crippen LogP contribution in [0.2, 0.25) is 0 Å². The van der Waals surface area contributed by atoms with Crippen molar-refractivity contribution in [3.63, 3.8) is 0 Å². The molecule has 2 aromatic rings. The van der Waals surface area contributed by atoms with Gasteiger partial charge in [0, 0.05) is 11.4 Å². The van der Waals surface area contributed by atoms with Crippen LogP contribution in [0.15, 0.2) is 34.7 Å². The molecule has 1 atom stereocenters. The Balaban J connectivity index is 1.59. The van der Waals surface area contributed by atoms with Gasteiger partial charge in [0.05, 0.1) is 0 Å². The molecular formula is C17H21NO3. The lowest BCUT2D eigenvalue weighted by molar-refractivity contribution is 0.0912. The van der Waals surface area contributed by atoms with Gasteiger partial charge in [-0.3, -0.25) is 0 Å². The highest BCUT2D eigenvalue weighted by atomic mass is 16.6. The first-order valence-corrected chi connectivity index (χ1v) is 7.68. The number of fused-ring (bicyclic) bond motifs is 1. The van der Waals surface area contributed by atoms with Crippen LogP contribution in [0, 0.1) is 0 Å². The third-order valence-electron chi connectivity index (χ3n) is 4.06. The maximum absolute atomic E-state index is 11.9. The lowest BCUT2D eigenvalue weighted by Crippen LogP contribution is -2.36. The van der Waals surface area contributed by atoms with E-state index in [0.717, 1.165) is 23.8 Å². The minimum atomic E-state index is -0.388. The van der Waals surface area contributed by atoms with E-state index in [0.29, 0.717) is 5.76 Å². The molecule has 0 unspecified atom stereocenters. The van der Waals surface area contributed by atoms with Gasteiger partial charge in [-0.05, 0) is 31.9 Å². The number of carbonyl (C=O) groups is 1. The molecule has 0 spiro atoms. The highest BCUT2D eigenvalue weighted by molar-refractivity contribution is 5.78. The Bertz CT molecular complexity index is 580. The maximum Gasteiger partial charge on any atom is 0.408 e. The normalized spacial score (nSPS) is 17.6. The second-order valence-corrected chi connectivity index (χ2v) is 5.71.